The molecule has 7 heteroatoms. The van der Waals surface area contributed by atoms with Gasteiger partial charge in [-0.25, -0.2) is 4.79 Å². The van der Waals surface area contributed by atoms with Gasteiger partial charge in [-0.2, -0.15) is 5.10 Å². The van der Waals surface area contributed by atoms with Crippen LogP contribution in [0, 0.1) is 0 Å². The van der Waals surface area contributed by atoms with E-state index in [0.29, 0.717) is 29.6 Å². The summed E-state index contributed by atoms with van der Waals surface area (Å²) < 4.78 is 12.6. The van der Waals surface area contributed by atoms with E-state index < -0.39 is 5.97 Å². The van der Waals surface area contributed by atoms with Crippen LogP contribution in [0.15, 0.2) is 60.7 Å². The van der Waals surface area contributed by atoms with Gasteiger partial charge in [0.25, 0.3) is 0 Å². The first kappa shape index (κ1) is 21.0. The summed E-state index contributed by atoms with van der Waals surface area (Å²) in [7, 11) is 0. The fourth-order valence-corrected chi connectivity index (χ4v) is 3.04. The number of nitrogens with two attached hydrogens (primary N) is 1. The zero-order valence-corrected chi connectivity index (χ0v) is 17.0. The van der Waals surface area contributed by atoms with E-state index in [-0.39, 0.29) is 19.2 Å². The van der Waals surface area contributed by atoms with Crippen molar-refractivity contribution in [3.8, 4) is 11.3 Å². The van der Waals surface area contributed by atoms with Crippen LogP contribution in [0.3, 0.4) is 0 Å². The fourth-order valence-electron chi connectivity index (χ4n) is 2.92. The Kier molecular flexibility index (Phi) is 7.41. The topological polar surface area (TPSA) is 79.4 Å². The number of hydrogen-bond acceptors (Lipinski definition) is 5. The number of nitrogens with zero attached hydrogens (tertiary/aromatic N) is 2. The van der Waals surface area contributed by atoms with E-state index in [0.717, 1.165) is 11.1 Å². The first-order valence-corrected chi connectivity index (χ1v) is 9.84. The smallest absolute Gasteiger partial charge is 0.356 e. The first-order chi connectivity index (χ1) is 14.1. The molecule has 0 aliphatic rings. The van der Waals surface area contributed by atoms with Gasteiger partial charge in [-0.05, 0) is 30.7 Å². The molecule has 0 fully saturated rings. The third kappa shape index (κ3) is 5.44. The Labute approximate surface area is 175 Å². The molecule has 1 heterocycles. The lowest BCUT2D eigenvalue weighted by Crippen LogP contribution is -2.28. The van der Waals surface area contributed by atoms with Gasteiger partial charge in [0.15, 0.2) is 0 Å². The summed E-state index contributed by atoms with van der Waals surface area (Å²) in [5.74, 6) is -0.443. The molecule has 29 heavy (non-hydrogen) atoms. The molecule has 0 saturated heterocycles. The van der Waals surface area contributed by atoms with E-state index in [2.05, 4.69) is 5.10 Å². The highest BCUT2D eigenvalue weighted by Crippen LogP contribution is 2.24. The van der Waals surface area contributed by atoms with Crippen LogP contribution in [-0.4, -0.2) is 35.5 Å². The lowest BCUT2D eigenvalue weighted by atomic mass is 10.1. The molecule has 152 valence electrons. The summed E-state index contributed by atoms with van der Waals surface area (Å²) in [6.45, 7) is 3.08. The molecule has 0 spiro atoms. The van der Waals surface area contributed by atoms with E-state index in [9.17, 15) is 4.79 Å². The average molecular weight is 414 g/mol. The van der Waals surface area contributed by atoms with Gasteiger partial charge in [0.1, 0.15) is 5.69 Å². The number of ether oxygens (including phenoxy) is 2. The van der Waals surface area contributed by atoms with Gasteiger partial charge in [-0.1, -0.05) is 54.1 Å². The van der Waals surface area contributed by atoms with Crippen LogP contribution in [0.2, 0.25) is 5.02 Å². The molecule has 0 aliphatic carbocycles. The normalized spacial score (nSPS) is 12.0. The molecule has 1 aromatic heterocycles. The number of aromatic nitrogens is 2. The SMILES string of the molecule is CCOC(=O)c1cc(-c2ccc(Cl)cc2)nn1C(CN)COCc1ccccc1. The Balaban J connectivity index is 1.83. The second kappa shape index (κ2) is 10.2. The van der Waals surface area contributed by atoms with Crippen molar-refractivity contribution in [1.29, 1.82) is 0 Å². The van der Waals surface area contributed by atoms with Crippen LogP contribution in [0.1, 0.15) is 29.0 Å². The summed E-state index contributed by atoms with van der Waals surface area (Å²) in [6, 6.07) is 18.5. The summed E-state index contributed by atoms with van der Waals surface area (Å²) in [5, 5.41) is 5.26. The lowest BCUT2D eigenvalue weighted by molar-refractivity contribution is 0.0493. The van der Waals surface area contributed by atoms with Crippen molar-refractivity contribution in [1.82, 2.24) is 9.78 Å². The van der Waals surface area contributed by atoms with Crippen molar-refractivity contribution < 1.29 is 14.3 Å². The minimum atomic E-state index is -0.443. The molecular weight excluding hydrogens is 390 g/mol. The number of halogens is 1. The Morgan fingerprint density at radius 3 is 2.55 bits per heavy atom. The lowest BCUT2D eigenvalue weighted by Gasteiger charge is -2.18. The predicted octanol–water partition coefficient (Wildman–Crippen LogP) is 4.10. The molecule has 2 N–H and O–H groups in total. The van der Waals surface area contributed by atoms with Crippen molar-refractivity contribution in [2.24, 2.45) is 5.73 Å². The summed E-state index contributed by atoms with van der Waals surface area (Å²) in [5.41, 5.74) is 8.89. The number of carbonyl (C=O) groups excluding carboxylic acids is 1. The highest BCUT2D eigenvalue weighted by molar-refractivity contribution is 6.30. The summed E-state index contributed by atoms with van der Waals surface area (Å²) >= 11 is 5.98. The minimum Gasteiger partial charge on any atom is -0.461 e. The number of benzene rings is 2. The molecule has 0 amide bonds. The van der Waals surface area contributed by atoms with Crippen LogP contribution >= 0.6 is 11.6 Å². The second-order valence-electron chi connectivity index (χ2n) is 6.48. The molecule has 0 aliphatic heterocycles. The summed E-state index contributed by atoms with van der Waals surface area (Å²) in [6.07, 6.45) is 0. The first-order valence-electron chi connectivity index (χ1n) is 9.46. The zero-order chi connectivity index (χ0) is 20.6. The predicted molar refractivity (Wildman–Crippen MR) is 113 cm³/mol. The molecule has 0 bridgehead atoms. The summed E-state index contributed by atoms with van der Waals surface area (Å²) in [4.78, 5) is 12.5. The molecule has 6 nitrogen and oxygen atoms in total. The molecule has 2 aromatic carbocycles. The second-order valence-corrected chi connectivity index (χ2v) is 6.91. The highest BCUT2D eigenvalue weighted by Gasteiger charge is 2.23. The number of esters is 1. The standard InChI is InChI=1S/C22H24ClN3O3/c1-2-29-22(27)21-12-20(17-8-10-18(23)11-9-17)25-26(21)19(13-24)15-28-14-16-6-4-3-5-7-16/h3-12,19H,2,13-15,24H2,1H3. The molecular formula is C22H24ClN3O3. The highest BCUT2D eigenvalue weighted by atomic mass is 35.5. The Bertz CT molecular complexity index is 926. The van der Waals surface area contributed by atoms with Crippen molar-refractivity contribution in [3.05, 3.63) is 76.9 Å². The Morgan fingerprint density at radius 2 is 1.90 bits per heavy atom. The number of rotatable bonds is 9. The van der Waals surface area contributed by atoms with Gasteiger partial charge in [-0.15, -0.1) is 0 Å². The van der Waals surface area contributed by atoms with Crippen LogP contribution in [0.25, 0.3) is 11.3 Å². The van der Waals surface area contributed by atoms with Gasteiger partial charge in [0, 0.05) is 17.1 Å². The molecule has 1 atom stereocenters. The maximum atomic E-state index is 12.5. The third-order valence-electron chi connectivity index (χ3n) is 4.40. The zero-order valence-electron chi connectivity index (χ0n) is 16.3. The van der Waals surface area contributed by atoms with Crippen LogP contribution in [0.5, 0.6) is 0 Å². The van der Waals surface area contributed by atoms with E-state index in [4.69, 9.17) is 26.8 Å². The van der Waals surface area contributed by atoms with Gasteiger partial charge < -0.3 is 15.2 Å². The van der Waals surface area contributed by atoms with E-state index in [1.807, 2.05) is 42.5 Å². The van der Waals surface area contributed by atoms with Gasteiger partial charge >= 0.3 is 5.97 Å². The van der Waals surface area contributed by atoms with Gasteiger partial charge in [0.05, 0.1) is 31.6 Å². The molecule has 3 aromatic rings. The quantitative estimate of drug-likeness (QED) is 0.534. The monoisotopic (exact) mass is 413 g/mol. The van der Waals surface area contributed by atoms with Crippen LogP contribution < -0.4 is 5.73 Å². The number of hydrogen-bond donors (Lipinski definition) is 1. The van der Waals surface area contributed by atoms with E-state index in [1.165, 1.54) is 0 Å². The van der Waals surface area contributed by atoms with E-state index in [1.54, 1.807) is 29.8 Å². The maximum Gasteiger partial charge on any atom is 0.356 e. The van der Waals surface area contributed by atoms with Crippen LogP contribution in [-0.2, 0) is 16.1 Å². The number of carbonyl (C=O) groups is 1. The van der Waals surface area contributed by atoms with Gasteiger partial charge in [0.2, 0.25) is 0 Å². The van der Waals surface area contributed by atoms with Gasteiger partial charge in [-0.3, -0.25) is 4.68 Å². The minimum absolute atomic E-state index is 0.267. The third-order valence-corrected chi connectivity index (χ3v) is 4.65. The van der Waals surface area contributed by atoms with Crippen LogP contribution in [0.4, 0.5) is 0 Å². The van der Waals surface area contributed by atoms with E-state index >= 15 is 0 Å². The molecule has 1 unspecified atom stereocenters. The van der Waals surface area contributed by atoms with Crippen molar-refractivity contribution in [2.75, 3.05) is 19.8 Å². The fraction of sp³-hybridized carbons (Fsp3) is 0.273. The molecule has 0 radical (unpaired) electrons. The largest absolute Gasteiger partial charge is 0.461 e. The maximum absolute atomic E-state index is 12.5. The molecule has 3 rings (SSSR count). The average Bonchev–Trinajstić information content (AvgIpc) is 3.18. The Hall–Kier alpha value is -2.67. The van der Waals surface area contributed by atoms with Crippen molar-refractivity contribution in [2.45, 2.75) is 19.6 Å². The molecule has 0 saturated carbocycles. The Morgan fingerprint density at radius 1 is 1.17 bits per heavy atom. The van der Waals surface area contributed by atoms with Crippen molar-refractivity contribution in [3.63, 3.8) is 0 Å². The van der Waals surface area contributed by atoms with Crippen molar-refractivity contribution >= 4 is 17.6 Å².